The lowest BCUT2D eigenvalue weighted by molar-refractivity contribution is 0.371. The minimum absolute atomic E-state index is 0.288. The quantitative estimate of drug-likeness (QED) is 0.430. The SMILES string of the molecule is CNC1CCC(Nc2ncnc(N)c2C(=N)c2ccc(Oc3ccccc3)cc2)CC1. The predicted octanol–water partition coefficient (Wildman–Crippen LogP) is 4.21. The van der Waals surface area contributed by atoms with Crippen LogP contribution in [0.15, 0.2) is 60.9 Å². The molecule has 4 rings (SSSR count). The minimum atomic E-state index is 0.288. The number of rotatable bonds is 7. The van der Waals surface area contributed by atoms with Crippen LogP contribution in [-0.2, 0) is 0 Å². The van der Waals surface area contributed by atoms with Gasteiger partial charge in [-0.2, -0.15) is 0 Å². The van der Waals surface area contributed by atoms with Gasteiger partial charge in [0.15, 0.2) is 0 Å². The van der Waals surface area contributed by atoms with Crippen molar-refractivity contribution in [2.24, 2.45) is 0 Å². The van der Waals surface area contributed by atoms with E-state index in [4.69, 9.17) is 15.9 Å². The van der Waals surface area contributed by atoms with E-state index in [9.17, 15) is 0 Å². The Kier molecular flexibility index (Phi) is 6.43. The van der Waals surface area contributed by atoms with Crippen molar-refractivity contribution in [1.29, 1.82) is 5.41 Å². The van der Waals surface area contributed by atoms with Crippen molar-refractivity contribution in [1.82, 2.24) is 15.3 Å². The highest BCUT2D eigenvalue weighted by Crippen LogP contribution is 2.27. The molecule has 1 heterocycles. The highest BCUT2D eigenvalue weighted by molar-refractivity contribution is 6.16. The molecule has 160 valence electrons. The number of hydrogen-bond donors (Lipinski definition) is 4. The standard InChI is InChI=1S/C24H28N6O/c1-27-17-9-11-18(12-10-17)30-24-21(23(26)28-15-29-24)22(25)16-7-13-20(14-8-16)31-19-5-3-2-4-6-19/h2-8,13-15,17-18,25,27H,9-12H2,1H3,(H3,26,28,29,30). The van der Waals surface area contributed by atoms with Crippen LogP contribution in [-0.4, -0.2) is 34.8 Å². The Hall–Kier alpha value is -3.45. The zero-order valence-electron chi connectivity index (χ0n) is 17.6. The molecule has 2 aromatic carbocycles. The van der Waals surface area contributed by atoms with Gasteiger partial charge in [-0.05, 0) is 69.1 Å². The molecule has 7 heteroatoms. The van der Waals surface area contributed by atoms with Gasteiger partial charge in [0.2, 0.25) is 0 Å². The highest BCUT2D eigenvalue weighted by Gasteiger charge is 2.23. The maximum absolute atomic E-state index is 8.77. The van der Waals surface area contributed by atoms with Crippen molar-refractivity contribution in [3.8, 4) is 11.5 Å². The first-order chi connectivity index (χ1) is 15.1. The molecule has 5 N–H and O–H groups in total. The Morgan fingerprint density at radius 1 is 0.935 bits per heavy atom. The van der Waals surface area contributed by atoms with E-state index < -0.39 is 0 Å². The Labute approximate surface area is 182 Å². The fourth-order valence-electron chi connectivity index (χ4n) is 3.93. The van der Waals surface area contributed by atoms with Crippen LogP contribution in [0.1, 0.15) is 36.8 Å². The van der Waals surface area contributed by atoms with Crippen molar-refractivity contribution in [2.75, 3.05) is 18.1 Å². The van der Waals surface area contributed by atoms with Gasteiger partial charge < -0.3 is 21.1 Å². The smallest absolute Gasteiger partial charge is 0.141 e. The van der Waals surface area contributed by atoms with Gasteiger partial charge in [-0.25, -0.2) is 9.97 Å². The molecule has 0 spiro atoms. The van der Waals surface area contributed by atoms with Gasteiger partial charge in [0.05, 0.1) is 11.3 Å². The van der Waals surface area contributed by atoms with Gasteiger partial charge in [-0.15, -0.1) is 0 Å². The van der Waals surface area contributed by atoms with E-state index in [1.807, 2.05) is 61.6 Å². The molecule has 1 aliphatic rings. The first kappa shape index (κ1) is 20.8. The summed E-state index contributed by atoms with van der Waals surface area (Å²) in [5, 5.41) is 15.6. The summed E-state index contributed by atoms with van der Waals surface area (Å²) in [6.07, 6.45) is 5.78. The summed E-state index contributed by atoms with van der Waals surface area (Å²) < 4.78 is 5.85. The Morgan fingerprint density at radius 3 is 2.26 bits per heavy atom. The van der Waals surface area contributed by atoms with Crippen LogP contribution in [0.4, 0.5) is 11.6 Å². The number of nitrogens with two attached hydrogens (primary N) is 1. The normalized spacial score (nSPS) is 18.4. The fourth-order valence-corrected chi connectivity index (χ4v) is 3.93. The summed E-state index contributed by atoms with van der Waals surface area (Å²) in [6.45, 7) is 0. The average Bonchev–Trinajstić information content (AvgIpc) is 2.80. The highest BCUT2D eigenvalue weighted by atomic mass is 16.5. The molecule has 0 aliphatic heterocycles. The van der Waals surface area contributed by atoms with E-state index in [1.165, 1.54) is 6.33 Å². The van der Waals surface area contributed by atoms with Crippen LogP contribution in [0, 0.1) is 5.41 Å². The van der Waals surface area contributed by atoms with Crippen molar-refractivity contribution in [3.63, 3.8) is 0 Å². The molecule has 1 aliphatic carbocycles. The lowest BCUT2D eigenvalue weighted by Crippen LogP contribution is -2.35. The maximum atomic E-state index is 8.77. The summed E-state index contributed by atoms with van der Waals surface area (Å²) in [6, 6.07) is 17.9. The van der Waals surface area contributed by atoms with E-state index in [0.717, 1.165) is 37.0 Å². The summed E-state index contributed by atoms with van der Waals surface area (Å²) in [5.41, 5.74) is 7.72. The van der Waals surface area contributed by atoms with E-state index in [2.05, 4.69) is 20.6 Å². The van der Waals surface area contributed by atoms with Crippen LogP contribution >= 0.6 is 0 Å². The second-order valence-corrected chi connectivity index (χ2v) is 7.78. The largest absolute Gasteiger partial charge is 0.457 e. The van der Waals surface area contributed by atoms with E-state index >= 15 is 0 Å². The van der Waals surface area contributed by atoms with Crippen LogP contribution in [0.5, 0.6) is 11.5 Å². The van der Waals surface area contributed by atoms with Gasteiger partial charge in [0, 0.05) is 17.6 Å². The van der Waals surface area contributed by atoms with Crippen molar-refractivity contribution in [2.45, 2.75) is 37.8 Å². The van der Waals surface area contributed by atoms with Gasteiger partial charge in [-0.1, -0.05) is 18.2 Å². The van der Waals surface area contributed by atoms with Crippen LogP contribution in [0.25, 0.3) is 0 Å². The van der Waals surface area contributed by atoms with Crippen LogP contribution < -0.4 is 21.1 Å². The zero-order chi connectivity index (χ0) is 21.6. The summed E-state index contributed by atoms with van der Waals surface area (Å²) in [7, 11) is 2.01. The number of nitrogen functional groups attached to an aromatic ring is 1. The molecular weight excluding hydrogens is 388 g/mol. The number of nitrogens with zero attached hydrogens (tertiary/aromatic N) is 2. The molecule has 7 nitrogen and oxygen atoms in total. The lowest BCUT2D eigenvalue weighted by Gasteiger charge is -2.29. The number of hydrogen-bond acceptors (Lipinski definition) is 7. The Balaban J connectivity index is 1.50. The minimum Gasteiger partial charge on any atom is -0.457 e. The summed E-state index contributed by atoms with van der Waals surface area (Å²) in [5.74, 6) is 2.40. The van der Waals surface area contributed by atoms with Crippen molar-refractivity contribution < 1.29 is 4.74 Å². The number of aromatic nitrogens is 2. The maximum Gasteiger partial charge on any atom is 0.141 e. The predicted molar refractivity (Wildman–Crippen MR) is 124 cm³/mol. The first-order valence-electron chi connectivity index (χ1n) is 10.6. The Morgan fingerprint density at radius 2 is 1.58 bits per heavy atom. The molecule has 0 saturated heterocycles. The molecule has 1 aromatic heterocycles. The number of ether oxygens (including phenoxy) is 1. The van der Waals surface area contributed by atoms with Gasteiger partial charge >= 0.3 is 0 Å². The monoisotopic (exact) mass is 416 g/mol. The molecule has 0 amide bonds. The fraction of sp³-hybridized carbons (Fsp3) is 0.292. The third kappa shape index (κ3) is 5.00. The molecule has 1 saturated carbocycles. The van der Waals surface area contributed by atoms with E-state index in [-0.39, 0.29) is 5.71 Å². The van der Waals surface area contributed by atoms with Crippen molar-refractivity contribution >= 4 is 17.3 Å². The number of benzene rings is 2. The van der Waals surface area contributed by atoms with Gasteiger partial charge in [0.1, 0.15) is 29.5 Å². The van der Waals surface area contributed by atoms with Crippen LogP contribution in [0.3, 0.4) is 0 Å². The third-order valence-corrected chi connectivity index (χ3v) is 5.72. The molecule has 0 radical (unpaired) electrons. The topological polar surface area (TPSA) is 109 Å². The summed E-state index contributed by atoms with van der Waals surface area (Å²) in [4.78, 5) is 8.54. The van der Waals surface area contributed by atoms with Crippen LogP contribution in [0.2, 0.25) is 0 Å². The average molecular weight is 417 g/mol. The van der Waals surface area contributed by atoms with Gasteiger partial charge in [-0.3, -0.25) is 5.41 Å². The number of para-hydroxylation sites is 1. The van der Waals surface area contributed by atoms with Gasteiger partial charge in [0.25, 0.3) is 0 Å². The molecular formula is C24H28N6O. The van der Waals surface area contributed by atoms with E-state index in [0.29, 0.717) is 35.0 Å². The molecule has 3 aromatic rings. The third-order valence-electron chi connectivity index (χ3n) is 5.72. The molecule has 31 heavy (non-hydrogen) atoms. The zero-order valence-corrected chi connectivity index (χ0v) is 17.6. The molecule has 0 unspecified atom stereocenters. The second kappa shape index (κ2) is 9.57. The molecule has 0 bridgehead atoms. The Bertz CT molecular complexity index is 1010. The van der Waals surface area contributed by atoms with Crippen molar-refractivity contribution in [3.05, 3.63) is 72.1 Å². The molecule has 1 fully saturated rings. The number of nitrogens with one attached hydrogen (secondary N) is 3. The summed E-state index contributed by atoms with van der Waals surface area (Å²) >= 11 is 0. The molecule has 0 atom stereocenters. The first-order valence-corrected chi connectivity index (χ1v) is 10.6. The lowest BCUT2D eigenvalue weighted by atomic mass is 9.91. The number of anilines is 2. The van der Waals surface area contributed by atoms with E-state index in [1.54, 1.807) is 0 Å². The second-order valence-electron chi connectivity index (χ2n) is 7.78.